The molecule has 1 heterocycles. The molecule has 1 aromatic carbocycles. The smallest absolute Gasteiger partial charge is 0.234 e. The molecule has 1 N–H and O–H groups in total. The van der Waals surface area contributed by atoms with Gasteiger partial charge in [-0.1, -0.05) is 67.6 Å². The van der Waals surface area contributed by atoms with Crippen LogP contribution in [0, 0.1) is 12.8 Å². The maximum absolute atomic E-state index is 12.4. The Kier molecular flexibility index (Phi) is 7.57. The van der Waals surface area contributed by atoms with Crippen LogP contribution in [0.1, 0.15) is 43.5 Å². The molecule has 0 atom stereocenters. The Hall–Kier alpha value is -1.79. The molecule has 7 heteroatoms. The summed E-state index contributed by atoms with van der Waals surface area (Å²) in [6, 6.07) is 5.50. The van der Waals surface area contributed by atoms with E-state index in [0.717, 1.165) is 28.7 Å². The zero-order chi connectivity index (χ0) is 19.9. The van der Waals surface area contributed by atoms with Crippen LogP contribution in [-0.2, 0) is 17.8 Å². The number of nitrogens with one attached hydrogen (secondary N) is 1. The lowest BCUT2D eigenvalue weighted by Gasteiger charge is -2.21. The van der Waals surface area contributed by atoms with Crippen molar-refractivity contribution in [3.05, 3.63) is 47.3 Å². The van der Waals surface area contributed by atoms with Crippen LogP contribution in [0.2, 0.25) is 5.02 Å². The number of hydrogen-bond acceptors (Lipinski definition) is 4. The standard InChI is InChI=1S/C21H27ClN4OS/c1-3-12-26-19(13-16-8-5-4-6-9-16)24-25-21(26)28-14-20(27)23-18-11-7-10-17(22)15(18)2/h3,7,10-11,16H,1,4-6,8-9,12-14H2,2H3,(H,23,27). The molecule has 0 spiro atoms. The van der Waals surface area contributed by atoms with Crippen LogP contribution in [0.3, 0.4) is 0 Å². The number of carbonyl (C=O) groups excluding carboxylic acids is 1. The first-order valence-corrected chi connectivity index (χ1v) is 11.2. The number of rotatable bonds is 8. The highest BCUT2D eigenvalue weighted by atomic mass is 35.5. The Labute approximate surface area is 176 Å². The van der Waals surface area contributed by atoms with Gasteiger partial charge in [-0.3, -0.25) is 4.79 Å². The molecule has 0 aliphatic heterocycles. The monoisotopic (exact) mass is 418 g/mol. The minimum atomic E-state index is -0.0858. The van der Waals surface area contributed by atoms with E-state index in [1.807, 2.05) is 31.2 Å². The lowest BCUT2D eigenvalue weighted by atomic mass is 9.87. The summed E-state index contributed by atoms with van der Waals surface area (Å²) in [5, 5.41) is 13.1. The second kappa shape index (κ2) is 10.1. The number of aromatic nitrogens is 3. The fourth-order valence-electron chi connectivity index (χ4n) is 3.60. The van der Waals surface area contributed by atoms with Crippen molar-refractivity contribution in [2.75, 3.05) is 11.1 Å². The van der Waals surface area contributed by atoms with Crippen LogP contribution >= 0.6 is 23.4 Å². The number of allylic oxidation sites excluding steroid dienone is 1. The van der Waals surface area contributed by atoms with E-state index >= 15 is 0 Å². The summed E-state index contributed by atoms with van der Waals surface area (Å²) in [4.78, 5) is 12.4. The molecule has 1 saturated carbocycles. The Morgan fingerprint density at radius 2 is 2.14 bits per heavy atom. The molecule has 0 radical (unpaired) electrons. The zero-order valence-electron chi connectivity index (χ0n) is 16.3. The van der Waals surface area contributed by atoms with Gasteiger partial charge < -0.3 is 9.88 Å². The van der Waals surface area contributed by atoms with Gasteiger partial charge in [0, 0.05) is 23.7 Å². The summed E-state index contributed by atoms with van der Waals surface area (Å²) >= 11 is 7.52. The Bertz CT molecular complexity index is 830. The third-order valence-electron chi connectivity index (χ3n) is 5.18. The lowest BCUT2D eigenvalue weighted by molar-refractivity contribution is -0.113. The van der Waals surface area contributed by atoms with Gasteiger partial charge in [-0.15, -0.1) is 16.8 Å². The molecule has 5 nitrogen and oxygen atoms in total. The molecule has 0 unspecified atom stereocenters. The number of amides is 1. The zero-order valence-corrected chi connectivity index (χ0v) is 17.9. The molecule has 1 aromatic heterocycles. The second-order valence-electron chi connectivity index (χ2n) is 7.26. The lowest BCUT2D eigenvalue weighted by Crippen LogP contribution is -2.16. The first-order chi connectivity index (χ1) is 13.6. The third kappa shape index (κ3) is 5.39. The van der Waals surface area contributed by atoms with E-state index in [0.29, 0.717) is 17.5 Å². The fraction of sp³-hybridized carbons (Fsp3) is 0.476. The summed E-state index contributed by atoms with van der Waals surface area (Å²) in [6.45, 7) is 6.41. The quantitative estimate of drug-likeness (QED) is 0.468. The molecule has 0 saturated heterocycles. The van der Waals surface area contributed by atoms with E-state index < -0.39 is 0 Å². The Morgan fingerprint density at radius 1 is 1.36 bits per heavy atom. The number of hydrogen-bond donors (Lipinski definition) is 1. The van der Waals surface area contributed by atoms with Crippen molar-refractivity contribution in [1.29, 1.82) is 0 Å². The van der Waals surface area contributed by atoms with Crippen LogP contribution < -0.4 is 5.32 Å². The largest absolute Gasteiger partial charge is 0.325 e. The number of nitrogens with zero attached hydrogens (tertiary/aromatic N) is 3. The van der Waals surface area contributed by atoms with Crippen LogP contribution in [0.4, 0.5) is 5.69 Å². The highest BCUT2D eigenvalue weighted by Gasteiger charge is 2.19. The van der Waals surface area contributed by atoms with Gasteiger partial charge in [0.25, 0.3) is 0 Å². The summed E-state index contributed by atoms with van der Waals surface area (Å²) in [5.74, 6) is 1.87. The van der Waals surface area contributed by atoms with Gasteiger partial charge in [0.2, 0.25) is 5.91 Å². The highest BCUT2D eigenvalue weighted by Crippen LogP contribution is 2.28. The Balaban J connectivity index is 1.62. The first kappa shape index (κ1) is 20.9. The van der Waals surface area contributed by atoms with Gasteiger partial charge in [0.05, 0.1) is 5.75 Å². The third-order valence-corrected chi connectivity index (χ3v) is 6.55. The Morgan fingerprint density at radius 3 is 2.89 bits per heavy atom. The van der Waals surface area contributed by atoms with Crippen LogP contribution in [0.15, 0.2) is 36.0 Å². The maximum atomic E-state index is 12.4. The topological polar surface area (TPSA) is 59.8 Å². The predicted octanol–water partition coefficient (Wildman–Crippen LogP) is 5.28. The molecular weight excluding hydrogens is 392 g/mol. The van der Waals surface area contributed by atoms with Gasteiger partial charge in [-0.05, 0) is 30.5 Å². The van der Waals surface area contributed by atoms with Crippen molar-refractivity contribution in [2.45, 2.75) is 57.1 Å². The van der Waals surface area contributed by atoms with E-state index in [-0.39, 0.29) is 11.7 Å². The number of halogens is 1. The molecule has 2 aromatic rings. The van der Waals surface area contributed by atoms with Crippen molar-refractivity contribution >= 4 is 35.0 Å². The van der Waals surface area contributed by atoms with Gasteiger partial charge >= 0.3 is 0 Å². The summed E-state index contributed by atoms with van der Waals surface area (Å²) in [7, 11) is 0. The van der Waals surface area contributed by atoms with Gasteiger partial charge in [-0.25, -0.2) is 0 Å². The van der Waals surface area contributed by atoms with E-state index in [2.05, 4.69) is 26.7 Å². The van der Waals surface area contributed by atoms with Gasteiger partial charge in [-0.2, -0.15) is 0 Å². The summed E-state index contributed by atoms with van der Waals surface area (Å²) in [6.07, 6.45) is 9.31. The molecule has 28 heavy (non-hydrogen) atoms. The van der Waals surface area contributed by atoms with Crippen LogP contribution in [-0.4, -0.2) is 26.4 Å². The molecule has 1 fully saturated rings. The molecule has 1 aliphatic carbocycles. The average molecular weight is 419 g/mol. The van der Waals surface area contributed by atoms with E-state index in [1.165, 1.54) is 43.9 Å². The molecule has 150 valence electrons. The SMILES string of the molecule is C=CCn1c(CC2CCCCC2)nnc1SCC(=O)Nc1cccc(Cl)c1C. The molecule has 1 amide bonds. The van der Waals surface area contributed by atoms with Crippen molar-refractivity contribution in [1.82, 2.24) is 14.8 Å². The van der Waals surface area contributed by atoms with E-state index in [4.69, 9.17) is 11.6 Å². The summed E-state index contributed by atoms with van der Waals surface area (Å²) < 4.78 is 2.09. The van der Waals surface area contributed by atoms with Crippen molar-refractivity contribution in [2.24, 2.45) is 5.92 Å². The maximum Gasteiger partial charge on any atom is 0.234 e. The van der Waals surface area contributed by atoms with Gasteiger partial charge in [0.15, 0.2) is 5.16 Å². The minimum Gasteiger partial charge on any atom is -0.325 e. The number of thioether (sulfide) groups is 1. The normalized spacial score (nSPS) is 14.8. The molecule has 3 rings (SSSR count). The number of benzene rings is 1. The summed E-state index contributed by atoms with van der Waals surface area (Å²) in [5.41, 5.74) is 1.61. The second-order valence-corrected chi connectivity index (χ2v) is 8.61. The number of anilines is 1. The molecular formula is C21H27ClN4OS. The number of carbonyl (C=O) groups is 1. The van der Waals surface area contributed by atoms with Crippen LogP contribution in [0.5, 0.6) is 0 Å². The predicted molar refractivity (Wildman–Crippen MR) is 116 cm³/mol. The van der Waals surface area contributed by atoms with E-state index in [9.17, 15) is 4.79 Å². The van der Waals surface area contributed by atoms with Gasteiger partial charge in [0.1, 0.15) is 5.82 Å². The van der Waals surface area contributed by atoms with Crippen molar-refractivity contribution < 1.29 is 4.79 Å². The van der Waals surface area contributed by atoms with Crippen molar-refractivity contribution in [3.63, 3.8) is 0 Å². The molecule has 1 aliphatic rings. The highest BCUT2D eigenvalue weighted by molar-refractivity contribution is 7.99. The average Bonchev–Trinajstić information content (AvgIpc) is 3.06. The molecule has 0 bridgehead atoms. The van der Waals surface area contributed by atoms with Crippen molar-refractivity contribution in [3.8, 4) is 0 Å². The minimum absolute atomic E-state index is 0.0858. The van der Waals surface area contributed by atoms with Crippen LogP contribution in [0.25, 0.3) is 0 Å². The first-order valence-electron chi connectivity index (χ1n) is 9.79. The van der Waals surface area contributed by atoms with E-state index in [1.54, 1.807) is 0 Å². The fourth-order valence-corrected chi connectivity index (χ4v) is 4.54.